The zero-order valence-electron chi connectivity index (χ0n) is 10.3. The number of hydrogen-bond donors (Lipinski definition) is 1. The third kappa shape index (κ3) is 3.78. The highest BCUT2D eigenvalue weighted by Crippen LogP contribution is 2.13. The lowest BCUT2D eigenvalue weighted by atomic mass is 10.2. The van der Waals surface area contributed by atoms with Crippen LogP contribution >= 0.6 is 11.3 Å². The number of aryl methyl sites for hydroxylation is 1. The highest BCUT2D eigenvalue weighted by molar-refractivity contribution is 7.09. The van der Waals surface area contributed by atoms with Crippen molar-refractivity contribution in [3.63, 3.8) is 0 Å². The topological polar surface area (TPSA) is 24.9 Å². The summed E-state index contributed by atoms with van der Waals surface area (Å²) in [7, 11) is 0. The van der Waals surface area contributed by atoms with Crippen molar-refractivity contribution in [3.05, 3.63) is 51.2 Å². The number of halogens is 3. The Balaban J connectivity index is 1.84. The highest BCUT2D eigenvalue weighted by Gasteiger charge is 2.09. The van der Waals surface area contributed by atoms with Crippen LogP contribution in [-0.2, 0) is 13.0 Å². The summed E-state index contributed by atoms with van der Waals surface area (Å²) in [6.45, 7) is 2.68. The first-order valence-electron chi connectivity index (χ1n) is 5.81. The predicted octanol–water partition coefficient (Wildman–Crippen LogP) is 3.20. The van der Waals surface area contributed by atoms with Gasteiger partial charge in [-0.3, -0.25) is 0 Å². The fraction of sp³-hybridized carbons (Fsp3) is 0.308. The maximum Gasteiger partial charge on any atom is 0.161 e. The molecule has 1 aromatic carbocycles. The molecule has 2 rings (SSSR count). The molecule has 0 fully saturated rings. The van der Waals surface area contributed by atoms with Gasteiger partial charge in [0, 0.05) is 42.2 Å². The SMILES string of the molecule is Cc1csc(CCNCc2cc(F)c(F)cc2F)n1. The predicted molar refractivity (Wildman–Crippen MR) is 68.6 cm³/mol. The molecular formula is C13H13F3N2S. The van der Waals surface area contributed by atoms with Gasteiger partial charge < -0.3 is 5.32 Å². The molecule has 102 valence electrons. The molecule has 1 aromatic heterocycles. The Morgan fingerprint density at radius 2 is 1.89 bits per heavy atom. The molecule has 0 unspecified atom stereocenters. The van der Waals surface area contributed by atoms with Crippen LogP contribution < -0.4 is 5.32 Å². The van der Waals surface area contributed by atoms with E-state index in [1.54, 1.807) is 11.3 Å². The molecule has 6 heteroatoms. The van der Waals surface area contributed by atoms with E-state index in [4.69, 9.17) is 0 Å². The van der Waals surface area contributed by atoms with E-state index in [1.165, 1.54) is 0 Å². The summed E-state index contributed by atoms with van der Waals surface area (Å²) in [6, 6.07) is 1.45. The molecule has 0 saturated carbocycles. The van der Waals surface area contributed by atoms with Crippen molar-refractivity contribution in [1.82, 2.24) is 10.3 Å². The smallest absolute Gasteiger partial charge is 0.161 e. The molecule has 19 heavy (non-hydrogen) atoms. The van der Waals surface area contributed by atoms with Crippen LogP contribution in [-0.4, -0.2) is 11.5 Å². The van der Waals surface area contributed by atoms with Gasteiger partial charge in [-0.1, -0.05) is 0 Å². The first-order chi connectivity index (χ1) is 9.06. The number of hydrogen-bond acceptors (Lipinski definition) is 3. The van der Waals surface area contributed by atoms with Gasteiger partial charge in [-0.15, -0.1) is 11.3 Å². The Kier molecular flexibility index (Phi) is 4.55. The quantitative estimate of drug-likeness (QED) is 0.674. The average Bonchev–Trinajstić information content (AvgIpc) is 2.77. The van der Waals surface area contributed by atoms with E-state index in [9.17, 15) is 13.2 Å². The van der Waals surface area contributed by atoms with E-state index < -0.39 is 17.5 Å². The minimum atomic E-state index is -1.17. The van der Waals surface area contributed by atoms with Crippen LogP contribution in [0.2, 0.25) is 0 Å². The summed E-state index contributed by atoms with van der Waals surface area (Å²) in [4.78, 5) is 4.29. The number of rotatable bonds is 5. The van der Waals surface area contributed by atoms with Crippen LogP contribution in [0.15, 0.2) is 17.5 Å². The minimum Gasteiger partial charge on any atom is -0.312 e. The monoisotopic (exact) mass is 286 g/mol. The summed E-state index contributed by atoms with van der Waals surface area (Å²) >= 11 is 1.57. The number of thiazole rings is 1. The number of nitrogens with zero attached hydrogens (tertiary/aromatic N) is 1. The van der Waals surface area contributed by atoms with Gasteiger partial charge in [0.15, 0.2) is 11.6 Å². The molecule has 0 saturated heterocycles. The molecule has 0 aliphatic rings. The molecule has 0 aliphatic heterocycles. The fourth-order valence-electron chi connectivity index (χ4n) is 1.64. The Morgan fingerprint density at radius 3 is 2.58 bits per heavy atom. The lowest BCUT2D eigenvalue weighted by molar-refractivity contribution is 0.487. The van der Waals surface area contributed by atoms with E-state index in [0.29, 0.717) is 12.6 Å². The average molecular weight is 286 g/mol. The zero-order chi connectivity index (χ0) is 13.8. The van der Waals surface area contributed by atoms with Crippen LogP contribution in [0.3, 0.4) is 0 Å². The summed E-state index contributed by atoms with van der Waals surface area (Å²) < 4.78 is 39.0. The maximum atomic E-state index is 13.3. The highest BCUT2D eigenvalue weighted by atomic mass is 32.1. The molecule has 1 heterocycles. The van der Waals surface area contributed by atoms with Crippen molar-refractivity contribution in [3.8, 4) is 0 Å². The Bertz CT molecular complexity index is 569. The Labute approximate surface area is 113 Å². The molecule has 0 amide bonds. The summed E-state index contributed by atoms with van der Waals surface area (Å²) in [6.07, 6.45) is 0.726. The number of aromatic nitrogens is 1. The van der Waals surface area contributed by atoms with Crippen LogP contribution in [0.1, 0.15) is 16.3 Å². The third-order valence-electron chi connectivity index (χ3n) is 2.59. The van der Waals surface area contributed by atoms with E-state index in [0.717, 1.165) is 23.2 Å². The van der Waals surface area contributed by atoms with Gasteiger partial charge in [0.1, 0.15) is 5.82 Å². The molecule has 2 nitrogen and oxygen atoms in total. The van der Waals surface area contributed by atoms with Gasteiger partial charge in [-0.05, 0) is 13.0 Å². The van der Waals surface area contributed by atoms with Gasteiger partial charge in [0.05, 0.1) is 5.01 Å². The Hall–Kier alpha value is -1.40. The number of benzene rings is 1. The zero-order valence-corrected chi connectivity index (χ0v) is 11.2. The van der Waals surface area contributed by atoms with Crippen LogP contribution in [0.25, 0.3) is 0 Å². The van der Waals surface area contributed by atoms with Crippen molar-refractivity contribution >= 4 is 11.3 Å². The largest absolute Gasteiger partial charge is 0.312 e. The summed E-state index contributed by atoms with van der Waals surface area (Å²) in [5.74, 6) is -2.94. The van der Waals surface area contributed by atoms with Crippen molar-refractivity contribution < 1.29 is 13.2 Å². The molecule has 2 aromatic rings. The number of nitrogens with one attached hydrogen (secondary N) is 1. The van der Waals surface area contributed by atoms with Crippen molar-refractivity contribution in [2.24, 2.45) is 0 Å². The molecular weight excluding hydrogens is 273 g/mol. The van der Waals surface area contributed by atoms with E-state index in [1.807, 2.05) is 12.3 Å². The normalized spacial score (nSPS) is 10.9. The van der Waals surface area contributed by atoms with Gasteiger partial charge in [0.25, 0.3) is 0 Å². The minimum absolute atomic E-state index is 0.120. The first kappa shape index (κ1) is 14.0. The van der Waals surface area contributed by atoms with Gasteiger partial charge in [0.2, 0.25) is 0 Å². The second kappa shape index (κ2) is 6.16. The summed E-state index contributed by atoms with van der Waals surface area (Å²) in [5, 5.41) is 5.94. The first-order valence-corrected chi connectivity index (χ1v) is 6.69. The second-order valence-electron chi connectivity index (χ2n) is 4.17. The molecule has 0 radical (unpaired) electrons. The lowest BCUT2D eigenvalue weighted by Gasteiger charge is -2.06. The van der Waals surface area contributed by atoms with Crippen molar-refractivity contribution in [2.75, 3.05) is 6.54 Å². The third-order valence-corrected chi connectivity index (χ3v) is 3.61. The van der Waals surface area contributed by atoms with Gasteiger partial charge in [-0.25, -0.2) is 18.2 Å². The van der Waals surface area contributed by atoms with Gasteiger partial charge >= 0.3 is 0 Å². The van der Waals surface area contributed by atoms with Crippen LogP contribution in [0.5, 0.6) is 0 Å². The van der Waals surface area contributed by atoms with Gasteiger partial charge in [-0.2, -0.15) is 0 Å². The van der Waals surface area contributed by atoms with Crippen molar-refractivity contribution in [2.45, 2.75) is 19.9 Å². The molecule has 0 bridgehead atoms. The molecule has 0 atom stereocenters. The summed E-state index contributed by atoms with van der Waals surface area (Å²) in [5.41, 5.74) is 1.10. The van der Waals surface area contributed by atoms with E-state index in [-0.39, 0.29) is 12.1 Å². The molecule has 1 N–H and O–H groups in total. The fourth-order valence-corrected chi connectivity index (χ4v) is 2.41. The lowest BCUT2D eigenvalue weighted by Crippen LogP contribution is -2.17. The van der Waals surface area contributed by atoms with Crippen LogP contribution in [0.4, 0.5) is 13.2 Å². The second-order valence-corrected chi connectivity index (χ2v) is 5.11. The van der Waals surface area contributed by atoms with Crippen molar-refractivity contribution in [1.29, 1.82) is 0 Å². The van der Waals surface area contributed by atoms with E-state index in [2.05, 4.69) is 10.3 Å². The molecule has 0 spiro atoms. The van der Waals surface area contributed by atoms with Crippen LogP contribution in [0, 0.1) is 24.4 Å². The maximum absolute atomic E-state index is 13.3. The van der Waals surface area contributed by atoms with E-state index >= 15 is 0 Å². The Morgan fingerprint density at radius 1 is 1.16 bits per heavy atom. The standard InChI is InChI=1S/C13H13F3N2S/c1-8-7-19-13(18-8)2-3-17-6-9-4-11(15)12(16)5-10(9)14/h4-5,7,17H,2-3,6H2,1H3. The molecule has 0 aliphatic carbocycles.